The Morgan fingerprint density at radius 3 is 2.64 bits per heavy atom. The van der Waals surface area contributed by atoms with Gasteiger partial charge in [0, 0.05) is 31.4 Å². The first kappa shape index (κ1) is 16.4. The van der Waals surface area contributed by atoms with Crippen LogP contribution in [0, 0.1) is 0 Å². The lowest BCUT2D eigenvalue weighted by molar-refractivity contribution is 0.0696. The van der Waals surface area contributed by atoms with Crippen molar-refractivity contribution >= 4 is 11.9 Å². The van der Waals surface area contributed by atoms with Crippen LogP contribution in [-0.2, 0) is 7.05 Å². The maximum absolute atomic E-state index is 11.9. The molecular formula is C18H16N4O3. The van der Waals surface area contributed by atoms with E-state index in [-0.39, 0.29) is 11.5 Å². The predicted octanol–water partition coefficient (Wildman–Crippen LogP) is 2.21. The van der Waals surface area contributed by atoms with Crippen molar-refractivity contribution in [2.45, 2.75) is 0 Å². The molecule has 0 radical (unpaired) electrons. The highest BCUT2D eigenvalue weighted by molar-refractivity contribution is 5.95. The number of benzene rings is 1. The SMILES string of the molecule is CNC(=O)c1cccc(-c2c(-c3cc(C(=O)O)ccn3)ncn2C)c1. The van der Waals surface area contributed by atoms with Gasteiger partial charge in [0.05, 0.1) is 23.3 Å². The molecule has 2 N–H and O–H groups in total. The third kappa shape index (κ3) is 3.12. The Hall–Kier alpha value is -3.48. The topological polar surface area (TPSA) is 97.1 Å². The first-order valence-corrected chi connectivity index (χ1v) is 7.55. The number of aromatic nitrogens is 3. The van der Waals surface area contributed by atoms with Gasteiger partial charge in [0.1, 0.15) is 5.69 Å². The molecule has 0 bridgehead atoms. The third-order valence-corrected chi connectivity index (χ3v) is 3.81. The minimum Gasteiger partial charge on any atom is -0.478 e. The summed E-state index contributed by atoms with van der Waals surface area (Å²) in [4.78, 5) is 31.7. The molecule has 0 atom stereocenters. The fraction of sp³-hybridized carbons (Fsp3) is 0.111. The van der Waals surface area contributed by atoms with Gasteiger partial charge in [-0.05, 0) is 24.3 Å². The van der Waals surface area contributed by atoms with E-state index in [2.05, 4.69) is 15.3 Å². The summed E-state index contributed by atoms with van der Waals surface area (Å²) < 4.78 is 1.81. The zero-order valence-electron chi connectivity index (χ0n) is 13.7. The molecule has 0 saturated heterocycles. The van der Waals surface area contributed by atoms with Crippen molar-refractivity contribution < 1.29 is 14.7 Å². The normalized spacial score (nSPS) is 10.5. The molecule has 0 saturated carbocycles. The van der Waals surface area contributed by atoms with E-state index in [1.54, 1.807) is 31.6 Å². The second-order valence-corrected chi connectivity index (χ2v) is 5.45. The summed E-state index contributed by atoms with van der Waals surface area (Å²) in [6, 6.07) is 10.1. The minimum atomic E-state index is -1.03. The third-order valence-electron chi connectivity index (χ3n) is 3.81. The number of amides is 1. The van der Waals surface area contributed by atoms with Crippen LogP contribution < -0.4 is 5.32 Å². The number of imidazole rings is 1. The monoisotopic (exact) mass is 336 g/mol. The first-order chi connectivity index (χ1) is 12.0. The van der Waals surface area contributed by atoms with E-state index in [4.69, 9.17) is 0 Å². The van der Waals surface area contributed by atoms with E-state index in [9.17, 15) is 14.7 Å². The van der Waals surface area contributed by atoms with Crippen molar-refractivity contribution in [1.82, 2.24) is 19.9 Å². The molecule has 3 rings (SSSR count). The summed E-state index contributed by atoms with van der Waals surface area (Å²) in [6.07, 6.45) is 3.07. The van der Waals surface area contributed by atoms with Crippen LogP contribution in [0.3, 0.4) is 0 Å². The molecule has 0 fully saturated rings. The Labute approximate surface area is 144 Å². The number of aryl methyl sites for hydroxylation is 1. The average Bonchev–Trinajstić information content (AvgIpc) is 3.02. The van der Waals surface area contributed by atoms with Crippen LogP contribution in [0.5, 0.6) is 0 Å². The molecule has 2 heterocycles. The second kappa shape index (κ2) is 6.56. The van der Waals surface area contributed by atoms with Gasteiger partial charge in [0.15, 0.2) is 0 Å². The number of carbonyl (C=O) groups excluding carboxylic acids is 1. The van der Waals surface area contributed by atoms with Crippen molar-refractivity contribution in [3.8, 4) is 22.6 Å². The quantitative estimate of drug-likeness (QED) is 0.761. The Morgan fingerprint density at radius 2 is 1.92 bits per heavy atom. The van der Waals surface area contributed by atoms with E-state index >= 15 is 0 Å². The summed E-state index contributed by atoms with van der Waals surface area (Å²) in [5, 5.41) is 11.8. The zero-order chi connectivity index (χ0) is 18.0. The number of nitrogens with one attached hydrogen (secondary N) is 1. The number of hydrogen-bond donors (Lipinski definition) is 2. The van der Waals surface area contributed by atoms with Gasteiger partial charge in [-0.1, -0.05) is 12.1 Å². The molecule has 3 aromatic rings. The van der Waals surface area contributed by atoms with Crippen molar-refractivity contribution in [3.05, 3.63) is 60.0 Å². The molecule has 2 aromatic heterocycles. The molecule has 0 aliphatic heterocycles. The Balaban J connectivity index is 2.14. The number of carboxylic acid groups (broad SMARTS) is 1. The Bertz CT molecular complexity index is 962. The van der Waals surface area contributed by atoms with Crippen LogP contribution in [0.15, 0.2) is 48.9 Å². The highest BCUT2D eigenvalue weighted by atomic mass is 16.4. The van der Waals surface area contributed by atoms with Gasteiger partial charge in [-0.15, -0.1) is 0 Å². The molecule has 7 heteroatoms. The Kier molecular flexibility index (Phi) is 4.30. The van der Waals surface area contributed by atoms with E-state index in [0.29, 0.717) is 17.0 Å². The van der Waals surface area contributed by atoms with E-state index in [0.717, 1.165) is 11.3 Å². The zero-order valence-corrected chi connectivity index (χ0v) is 13.7. The summed E-state index contributed by atoms with van der Waals surface area (Å²) in [5.74, 6) is -1.21. The predicted molar refractivity (Wildman–Crippen MR) is 92.2 cm³/mol. The van der Waals surface area contributed by atoms with E-state index in [1.807, 2.05) is 17.7 Å². The molecule has 0 spiro atoms. The molecule has 0 aliphatic rings. The number of pyridine rings is 1. The Morgan fingerprint density at radius 1 is 1.12 bits per heavy atom. The molecule has 1 amide bonds. The number of carboxylic acids is 1. The van der Waals surface area contributed by atoms with Gasteiger partial charge in [0.2, 0.25) is 0 Å². The number of carbonyl (C=O) groups is 2. The lowest BCUT2D eigenvalue weighted by atomic mass is 10.0. The van der Waals surface area contributed by atoms with Crippen LogP contribution in [0.2, 0.25) is 0 Å². The van der Waals surface area contributed by atoms with Crippen molar-refractivity contribution in [3.63, 3.8) is 0 Å². The highest BCUT2D eigenvalue weighted by Crippen LogP contribution is 2.30. The van der Waals surface area contributed by atoms with Gasteiger partial charge in [0.25, 0.3) is 5.91 Å². The summed E-state index contributed by atoms with van der Waals surface area (Å²) in [6.45, 7) is 0. The molecule has 25 heavy (non-hydrogen) atoms. The van der Waals surface area contributed by atoms with Crippen molar-refractivity contribution in [2.75, 3.05) is 7.05 Å². The van der Waals surface area contributed by atoms with Crippen molar-refractivity contribution in [1.29, 1.82) is 0 Å². The largest absolute Gasteiger partial charge is 0.478 e. The van der Waals surface area contributed by atoms with E-state index in [1.165, 1.54) is 18.3 Å². The number of nitrogens with zero attached hydrogens (tertiary/aromatic N) is 3. The van der Waals surface area contributed by atoms with Crippen LogP contribution in [-0.4, -0.2) is 38.6 Å². The van der Waals surface area contributed by atoms with Crippen LogP contribution >= 0.6 is 0 Å². The number of aromatic carboxylic acids is 1. The van der Waals surface area contributed by atoms with Crippen LogP contribution in [0.1, 0.15) is 20.7 Å². The lowest BCUT2D eigenvalue weighted by Crippen LogP contribution is -2.17. The van der Waals surface area contributed by atoms with Gasteiger partial charge >= 0.3 is 5.97 Å². The van der Waals surface area contributed by atoms with Gasteiger partial charge in [-0.25, -0.2) is 9.78 Å². The summed E-state index contributed by atoms with van der Waals surface area (Å²) in [5.41, 5.74) is 3.22. The second-order valence-electron chi connectivity index (χ2n) is 5.45. The lowest BCUT2D eigenvalue weighted by Gasteiger charge is -2.08. The smallest absolute Gasteiger partial charge is 0.335 e. The number of rotatable bonds is 4. The summed E-state index contributed by atoms with van der Waals surface area (Å²) in [7, 11) is 3.41. The van der Waals surface area contributed by atoms with Crippen LogP contribution in [0.25, 0.3) is 22.6 Å². The molecular weight excluding hydrogens is 320 g/mol. The molecule has 126 valence electrons. The maximum atomic E-state index is 11.9. The van der Waals surface area contributed by atoms with Gasteiger partial charge in [-0.3, -0.25) is 9.78 Å². The fourth-order valence-corrected chi connectivity index (χ4v) is 2.60. The van der Waals surface area contributed by atoms with Crippen LogP contribution in [0.4, 0.5) is 0 Å². The van der Waals surface area contributed by atoms with Gasteiger partial charge in [-0.2, -0.15) is 0 Å². The molecule has 0 aliphatic carbocycles. The van der Waals surface area contributed by atoms with Gasteiger partial charge < -0.3 is 15.0 Å². The van der Waals surface area contributed by atoms with E-state index < -0.39 is 5.97 Å². The highest BCUT2D eigenvalue weighted by Gasteiger charge is 2.17. The fourth-order valence-electron chi connectivity index (χ4n) is 2.60. The summed E-state index contributed by atoms with van der Waals surface area (Å²) >= 11 is 0. The molecule has 1 aromatic carbocycles. The number of hydrogen-bond acceptors (Lipinski definition) is 4. The minimum absolute atomic E-state index is 0.140. The van der Waals surface area contributed by atoms with Crippen molar-refractivity contribution in [2.24, 2.45) is 7.05 Å². The first-order valence-electron chi connectivity index (χ1n) is 7.55. The maximum Gasteiger partial charge on any atom is 0.335 e. The molecule has 0 unspecified atom stereocenters. The average molecular weight is 336 g/mol. The molecule has 7 nitrogen and oxygen atoms in total. The standard InChI is InChI=1S/C18H16N4O3/c1-19-17(23)12-5-3-4-11(8-12)16-15(21-10-22(16)2)14-9-13(18(24)25)6-7-20-14/h3-10H,1-2H3,(H,19,23)(H,24,25).